The molecule has 0 aliphatic heterocycles. The molecule has 0 spiro atoms. The molecule has 0 bridgehead atoms. The third-order valence-electron chi connectivity index (χ3n) is 4.51. The average Bonchev–Trinajstić information content (AvgIpc) is 2.86. The molecule has 0 radical (unpaired) electrons. The van der Waals surface area contributed by atoms with E-state index in [0.29, 0.717) is 0 Å². The van der Waals surface area contributed by atoms with Crippen molar-refractivity contribution in [3.8, 4) is 0 Å². The molecular weight excluding hydrogens is 266 g/mol. The monoisotopic (exact) mass is 287 g/mol. The Hall–Kier alpha value is -1.35. The predicted molar refractivity (Wildman–Crippen MR) is 84.0 cm³/mol. The molecule has 2 aromatic heterocycles. The van der Waals surface area contributed by atoms with Crippen molar-refractivity contribution in [1.82, 2.24) is 4.98 Å². The van der Waals surface area contributed by atoms with Gasteiger partial charge in [-0.25, -0.2) is 0 Å². The maximum atomic E-state index is 12.7. The second kappa shape index (κ2) is 5.21. The molecule has 20 heavy (non-hydrogen) atoms. The van der Waals surface area contributed by atoms with Gasteiger partial charge in [0.2, 0.25) is 5.78 Å². The summed E-state index contributed by atoms with van der Waals surface area (Å²) in [5, 5.41) is 0. The molecule has 106 valence electrons. The van der Waals surface area contributed by atoms with Crippen LogP contribution in [0, 0.1) is 20.8 Å². The third-order valence-corrected chi connectivity index (χ3v) is 5.75. The Morgan fingerprint density at radius 2 is 1.85 bits per heavy atom. The van der Waals surface area contributed by atoms with Gasteiger partial charge >= 0.3 is 0 Å². The molecule has 0 unspecified atom stereocenters. The van der Waals surface area contributed by atoms with Crippen LogP contribution in [0.2, 0.25) is 0 Å². The first-order valence-corrected chi connectivity index (χ1v) is 8.21. The first-order valence-electron chi connectivity index (χ1n) is 7.40. The van der Waals surface area contributed by atoms with E-state index in [1.54, 1.807) is 11.3 Å². The summed E-state index contributed by atoms with van der Waals surface area (Å²) in [7, 11) is 0. The molecule has 2 nitrogen and oxygen atoms in total. The summed E-state index contributed by atoms with van der Waals surface area (Å²) >= 11 is 1.71. The highest BCUT2D eigenvalue weighted by atomic mass is 32.1. The Morgan fingerprint density at radius 3 is 2.55 bits per heavy atom. The quantitative estimate of drug-likeness (QED) is 0.640. The SMILES string of the molecule is Cc1[nH]c(C(=O)c2cc3c(s2)CCCCC3)c(C)c1C. The van der Waals surface area contributed by atoms with Gasteiger partial charge in [-0.3, -0.25) is 4.79 Å². The molecular formula is C17H21NOS. The van der Waals surface area contributed by atoms with E-state index < -0.39 is 0 Å². The number of aromatic nitrogens is 1. The Labute approximate surface area is 124 Å². The van der Waals surface area contributed by atoms with Crippen molar-refractivity contribution in [3.05, 3.63) is 43.9 Å². The van der Waals surface area contributed by atoms with E-state index in [1.165, 1.54) is 35.3 Å². The minimum Gasteiger partial charge on any atom is -0.355 e. The van der Waals surface area contributed by atoms with Crippen LogP contribution >= 0.6 is 11.3 Å². The molecule has 1 aliphatic carbocycles. The summed E-state index contributed by atoms with van der Waals surface area (Å²) in [5.41, 5.74) is 5.58. The van der Waals surface area contributed by atoms with Gasteiger partial charge in [-0.1, -0.05) is 6.42 Å². The van der Waals surface area contributed by atoms with Gasteiger partial charge in [0.25, 0.3) is 0 Å². The molecule has 0 atom stereocenters. The number of aryl methyl sites for hydroxylation is 3. The van der Waals surface area contributed by atoms with E-state index >= 15 is 0 Å². The van der Waals surface area contributed by atoms with Gasteiger partial charge in [-0.2, -0.15) is 0 Å². The first kappa shape index (κ1) is 13.6. The molecule has 3 heteroatoms. The van der Waals surface area contributed by atoms with Crippen LogP contribution in [0.4, 0.5) is 0 Å². The number of carbonyl (C=O) groups is 1. The Balaban J connectivity index is 1.96. The van der Waals surface area contributed by atoms with Gasteiger partial charge in [-0.05, 0) is 69.2 Å². The smallest absolute Gasteiger partial charge is 0.219 e. The zero-order chi connectivity index (χ0) is 14.3. The Morgan fingerprint density at radius 1 is 1.10 bits per heavy atom. The van der Waals surface area contributed by atoms with Gasteiger partial charge in [0.15, 0.2) is 0 Å². The number of fused-ring (bicyclic) bond motifs is 1. The Bertz CT molecular complexity index is 639. The summed E-state index contributed by atoms with van der Waals surface area (Å²) in [5.74, 6) is 0.164. The van der Waals surface area contributed by atoms with Crippen molar-refractivity contribution < 1.29 is 4.79 Å². The van der Waals surface area contributed by atoms with Gasteiger partial charge in [0, 0.05) is 10.6 Å². The maximum Gasteiger partial charge on any atom is 0.219 e. The standard InChI is InChI=1S/C17H21NOS/c1-10-11(2)16(18-12(10)3)17(19)15-9-13-7-5-4-6-8-14(13)20-15/h9,18H,4-8H2,1-3H3. The summed E-state index contributed by atoms with van der Waals surface area (Å²) in [6, 6.07) is 2.14. The topological polar surface area (TPSA) is 32.9 Å². The van der Waals surface area contributed by atoms with Crippen molar-refractivity contribution >= 4 is 17.1 Å². The highest BCUT2D eigenvalue weighted by Gasteiger charge is 2.21. The van der Waals surface area contributed by atoms with Crippen molar-refractivity contribution in [1.29, 1.82) is 0 Å². The van der Waals surface area contributed by atoms with E-state index in [0.717, 1.165) is 34.7 Å². The van der Waals surface area contributed by atoms with Crippen LogP contribution < -0.4 is 0 Å². The number of hydrogen-bond donors (Lipinski definition) is 1. The molecule has 3 rings (SSSR count). The minimum absolute atomic E-state index is 0.164. The molecule has 1 aliphatic rings. The molecule has 1 N–H and O–H groups in total. The van der Waals surface area contributed by atoms with Crippen molar-refractivity contribution in [2.75, 3.05) is 0 Å². The van der Waals surface area contributed by atoms with Crippen molar-refractivity contribution in [2.45, 2.75) is 52.9 Å². The van der Waals surface area contributed by atoms with Crippen LogP contribution in [-0.4, -0.2) is 10.8 Å². The summed E-state index contributed by atoms with van der Waals surface area (Å²) in [6.07, 6.45) is 6.13. The fourth-order valence-corrected chi connectivity index (χ4v) is 4.17. The van der Waals surface area contributed by atoms with Gasteiger partial charge in [0.1, 0.15) is 0 Å². The summed E-state index contributed by atoms with van der Waals surface area (Å²) < 4.78 is 0. The fraction of sp³-hybridized carbons (Fsp3) is 0.471. The molecule has 0 fully saturated rings. The molecule has 0 saturated carbocycles. The number of H-pyrrole nitrogens is 1. The molecule has 0 aromatic carbocycles. The molecule has 2 aromatic rings. The van der Waals surface area contributed by atoms with E-state index in [1.807, 2.05) is 13.8 Å². The van der Waals surface area contributed by atoms with Crippen LogP contribution in [0.1, 0.15) is 61.9 Å². The van der Waals surface area contributed by atoms with Gasteiger partial charge < -0.3 is 4.98 Å². The second-order valence-corrected chi connectivity index (χ2v) is 6.96. The van der Waals surface area contributed by atoms with E-state index in [2.05, 4.69) is 18.0 Å². The van der Waals surface area contributed by atoms with Crippen molar-refractivity contribution in [2.24, 2.45) is 0 Å². The lowest BCUT2D eigenvalue weighted by Gasteiger charge is -1.98. The van der Waals surface area contributed by atoms with E-state index in [4.69, 9.17) is 0 Å². The first-order chi connectivity index (χ1) is 9.58. The number of rotatable bonds is 2. The van der Waals surface area contributed by atoms with Crippen LogP contribution in [0.3, 0.4) is 0 Å². The van der Waals surface area contributed by atoms with E-state index in [-0.39, 0.29) is 5.78 Å². The zero-order valence-electron chi connectivity index (χ0n) is 12.4. The minimum atomic E-state index is 0.164. The number of hydrogen-bond acceptors (Lipinski definition) is 2. The predicted octanol–water partition coefficient (Wildman–Crippen LogP) is 4.50. The van der Waals surface area contributed by atoms with Gasteiger partial charge in [-0.15, -0.1) is 11.3 Å². The highest BCUT2D eigenvalue weighted by Crippen LogP contribution is 2.31. The lowest BCUT2D eigenvalue weighted by atomic mass is 10.1. The number of carbonyl (C=O) groups excluding carboxylic acids is 1. The van der Waals surface area contributed by atoms with Crippen LogP contribution in [0.25, 0.3) is 0 Å². The van der Waals surface area contributed by atoms with Crippen LogP contribution in [0.5, 0.6) is 0 Å². The number of ketones is 1. The average molecular weight is 287 g/mol. The largest absolute Gasteiger partial charge is 0.355 e. The summed E-state index contributed by atoms with van der Waals surface area (Å²) in [4.78, 5) is 18.3. The number of aromatic amines is 1. The maximum absolute atomic E-state index is 12.7. The normalized spacial score (nSPS) is 14.9. The second-order valence-electron chi connectivity index (χ2n) is 5.82. The molecule has 0 saturated heterocycles. The van der Waals surface area contributed by atoms with E-state index in [9.17, 15) is 4.79 Å². The number of thiophene rings is 1. The lowest BCUT2D eigenvalue weighted by molar-refractivity contribution is 0.103. The van der Waals surface area contributed by atoms with Crippen LogP contribution in [-0.2, 0) is 12.8 Å². The highest BCUT2D eigenvalue weighted by molar-refractivity contribution is 7.14. The van der Waals surface area contributed by atoms with Crippen molar-refractivity contribution in [3.63, 3.8) is 0 Å². The van der Waals surface area contributed by atoms with Gasteiger partial charge in [0.05, 0.1) is 10.6 Å². The zero-order valence-corrected chi connectivity index (χ0v) is 13.2. The Kier molecular flexibility index (Phi) is 3.55. The number of nitrogens with one attached hydrogen (secondary N) is 1. The molecule has 0 amide bonds. The lowest BCUT2D eigenvalue weighted by Crippen LogP contribution is -2.01. The molecule has 2 heterocycles. The third kappa shape index (κ3) is 2.24. The van der Waals surface area contributed by atoms with Crippen LogP contribution in [0.15, 0.2) is 6.07 Å². The fourth-order valence-electron chi connectivity index (χ4n) is 2.97. The summed E-state index contributed by atoms with van der Waals surface area (Å²) in [6.45, 7) is 6.13.